The van der Waals surface area contributed by atoms with Crippen LogP contribution < -0.4 is 0 Å². The number of nitrogens with one attached hydrogen (secondary N) is 1. The summed E-state index contributed by atoms with van der Waals surface area (Å²) in [6, 6.07) is 5.56. The number of hydrogen-bond acceptors (Lipinski definition) is 1. The molecule has 0 aliphatic heterocycles. The number of benzene rings is 1. The highest BCUT2D eigenvalue weighted by molar-refractivity contribution is 6.43. The molecule has 0 aliphatic rings. The van der Waals surface area contributed by atoms with E-state index in [-0.39, 0.29) is 0 Å². The predicted octanol–water partition coefficient (Wildman–Crippen LogP) is 4.73. The van der Waals surface area contributed by atoms with Crippen molar-refractivity contribution in [2.45, 2.75) is 26.2 Å². The van der Waals surface area contributed by atoms with Gasteiger partial charge in [-0.25, -0.2) is 4.98 Å². The van der Waals surface area contributed by atoms with Crippen LogP contribution in [-0.2, 0) is 6.42 Å². The van der Waals surface area contributed by atoms with Crippen LogP contribution >= 0.6 is 23.2 Å². The van der Waals surface area contributed by atoms with Crippen LogP contribution in [0.15, 0.2) is 24.4 Å². The molecule has 0 aliphatic carbocycles. The van der Waals surface area contributed by atoms with Crippen molar-refractivity contribution in [1.29, 1.82) is 0 Å². The number of aromatic amines is 1. The predicted molar refractivity (Wildman–Crippen MR) is 72.7 cm³/mol. The second kappa shape index (κ2) is 5.56. The van der Waals surface area contributed by atoms with E-state index >= 15 is 0 Å². The fraction of sp³-hybridized carbons (Fsp3) is 0.308. The lowest BCUT2D eigenvalue weighted by molar-refractivity contribution is 0.781. The van der Waals surface area contributed by atoms with Gasteiger partial charge in [0.05, 0.1) is 10.0 Å². The Labute approximate surface area is 111 Å². The largest absolute Gasteiger partial charge is 0.342 e. The van der Waals surface area contributed by atoms with Gasteiger partial charge in [0.1, 0.15) is 5.82 Å². The highest BCUT2D eigenvalue weighted by Gasteiger charge is 2.09. The van der Waals surface area contributed by atoms with Gasteiger partial charge < -0.3 is 4.98 Å². The summed E-state index contributed by atoms with van der Waals surface area (Å²) in [5.74, 6) is 0.781. The number of H-pyrrole nitrogens is 1. The number of unbranched alkanes of at least 4 members (excludes halogenated alkanes) is 1. The van der Waals surface area contributed by atoms with Gasteiger partial charge in [0.25, 0.3) is 0 Å². The van der Waals surface area contributed by atoms with Crippen molar-refractivity contribution in [3.05, 3.63) is 40.1 Å². The average molecular weight is 269 g/mol. The van der Waals surface area contributed by atoms with Crippen LogP contribution in [0.4, 0.5) is 0 Å². The number of nitrogens with zero attached hydrogens (tertiary/aromatic N) is 1. The fourth-order valence-corrected chi connectivity index (χ4v) is 2.07. The summed E-state index contributed by atoms with van der Waals surface area (Å²) < 4.78 is 0. The highest BCUT2D eigenvalue weighted by atomic mass is 35.5. The van der Waals surface area contributed by atoms with E-state index in [9.17, 15) is 0 Å². The number of aryl methyl sites for hydroxylation is 1. The Morgan fingerprint density at radius 3 is 2.88 bits per heavy atom. The van der Waals surface area contributed by atoms with E-state index in [1.807, 2.05) is 18.3 Å². The third kappa shape index (κ3) is 2.82. The molecule has 0 radical (unpaired) electrons. The van der Waals surface area contributed by atoms with Gasteiger partial charge >= 0.3 is 0 Å². The normalized spacial score (nSPS) is 10.8. The monoisotopic (exact) mass is 268 g/mol. The molecule has 1 aromatic heterocycles. The maximum absolute atomic E-state index is 6.15. The van der Waals surface area contributed by atoms with Crippen LogP contribution in [0, 0.1) is 0 Å². The number of halogens is 2. The molecule has 1 N–H and O–H groups in total. The van der Waals surface area contributed by atoms with E-state index in [2.05, 4.69) is 16.9 Å². The minimum atomic E-state index is 0.547. The zero-order valence-corrected chi connectivity index (χ0v) is 11.1. The Morgan fingerprint density at radius 2 is 2.12 bits per heavy atom. The Kier molecular flexibility index (Phi) is 4.08. The second-order valence-electron chi connectivity index (χ2n) is 3.96. The molecule has 2 rings (SSSR count). The van der Waals surface area contributed by atoms with Gasteiger partial charge in [-0.2, -0.15) is 0 Å². The average Bonchev–Trinajstić information content (AvgIpc) is 2.78. The first-order valence-electron chi connectivity index (χ1n) is 5.70. The molecule has 4 heteroatoms. The van der Waals surface area contributed by atoms with Crippen LogP contribution in [0.2, 0.25) is 10.0 Å². The molecular formula is C13H14Cl2N2. The van der Waals surface area contributed by atoms with Crippen molar-refractivity contribution >= 4 is 23.2 Å². The molecule has 0 saturated carbocycles. The third-order valence-electron chi connectivity index (χ3n) is 2.63. The molecule has 1 heterocycles. The molecule has 0 atom stereocenters. The van der Waals surface area contributed by atoms with Crippen molar-refractivity contribution in [2.24, 2.45) is 0 Å². The maximum atomic E-state index is 6.15. The summed E-state index contributed by atoms with van der Waals surface area (Å²) in [6.07, 6.45) is 5.21. The van der Waals surface area contributed by atoms with Gasteiger partial charge in [0.2, 0.25) is 0 Å². The van der Waals surface area contributed by atoms with Crippen LogP contribution in [0.5, 0.6) is 0 Å². The first-order valence-corrected chi connectivity index (χ1v) is 6.46. The van der Waals surface area contributed by atoms with E-state index in [4.69, 9.17) is 23.2 Å². The Balaban J connectivity index is 2.27. The summed E-state index contributed by atoms with van der Waals surface area (Å²) in [5, 5.41) is 1.10. The van der Waals surface area contributed by atoms with Gasteiger partial charge in [-0.05, 0) is 25.0 Å². The number of hydrogen-bond donors (Lipinski definition) is 1. The second-order valence-corrected chi connectivity index (χ2v) is 4.75. The first kappa shape index (κ1) is 12.5. The smallest absolute Gasteiger partial charge is 0.139 e. The molecule has 0 bridgehead atoms. The third-order valence-corrected chi connectivity index (χ3v) is 3.45. The molecule has 1 aromatic carbocycles. The van der Waals surface area contributed by atoms with Crippen molar-refractivity contribution in [3.63, 3.8) is 0 Å². The first-order chi connectivity index (χ1) is 8.22. The maximum Gasteiger partial charge on any atom is 0.139 e. The molecule has 0 amide bonds. The standard InChI is InChI=1S/C13H14Cl2N2/c1-2-3-5-9-8-16-13(17-9)10-6-4-7-11(14)12(10)15/h4,6-8H,2-3,5H2,1H3,(H,16,17). The lowest BCUT2D eigenvalue weighted by Crippen LogP contribution is -1.86. The number of rotatable bonds is 4. The lowest BCUT2D eigenvalue weighted by Gasteiger charge is -2.02. The number of aromatic nitrogens is 2. The fourth-order valence-electron chi connectivity index (χ4n) is 1.68. The van der Waals surface area contributed by atoms with Crippen molar-refractivity contribution in [2.75, 3.05) is 0 Å². The minimum absolute atomic E-state index is 0.547. The Morgan fingerprint density at radius 1 is 1.29 bits per heavy atom. The van der Waals surface area contributed by atoms with Gasteiger partial charge in [-0.1, -0.05) is 42.6 Å². The zero-order chi connectivity index (χ0) is 12.3. The van der Waals surface area contributed by atoms with Crippen LogP contribution in [-0.4, -0.2) is 9.97 Å². The lowest BCUT2D eigenvalue weighted by atomic mass is 10.2. The van der Waals surface area contributed by atoms with Gasteiger partial charge in [-0.15, -0.1) is 0 Å². The van der Waals surface area contributed by atoms with Gasteiger partial charge in [0.15, 0.2) is 0 Å². The molecule has 2 aromatic rings. The van der Waals surface area contributed by atoms with Crippen LogP contribution in [0.1, 0.15) is 25.5 Å². The van der Waals surface area contributed by atoms with E-state index in [0.717, 1.165) is 29.9 Å². The van der Waals surface area contributed by atoms with Crippen molar-refractivity contribution in [1.82, 2.24) is 9.97 Å². The minimum Gasteiger partial charge on any atom is -0.342 e. The molecule has 90 valence electrons. The topological polar surface area (TPSA) is 28.7 Å². The van der Waals surface area contributed by atoms with E-state index in [1.54, 1.807) is 6.07 Å². The van der Waals surface area contributed by atoms with E-state index in [1.165, 1.54) is 6.42 Å². The zero-order valence-electron chi connectivity index (χ0n) is 9.63. The summed E-state index contributed by atoms with van der Waals surface area (Å²) in [6.45, 7) is 2.17. The molecule has 0 saturated heterocycles. The molecule has 2 nitrogen and oxygen atoms in total. The summed E-state index contributed by atoms with van der Waals surface area (Å²) in [5.41, 5.74) is 1.99. The Bertz CT molecular complexity index is 506. The molecule has 0 unspecified atom stereocenters. The van der Waals surface area contributed by atoms with Gasteiger partial charge in [-0.3, -0.25) is 0 Å². The SMILES string of the molecule is CCCCc1cnc(-c2cccc(Cl)c2Cl)[nH]1. The van der Waals surface area contributed by atoms with Gasteiger partial charge in [0, 0.05) is 17.5 Å². The van der Waals surface area contributed by atoms with Crippen LogP contribution in [0.3, 0.4) is 0 Å². The Hall–Kier alpha value is -0.990. The summed E-state index contributed by atoms with van der Waals surface area (Å²) >= 11 is 12.1. The molecular weight excluding hydrogens is 255 g/mol. The van der Waals surface area contributed by atoms with E-state index < -0.39 is 0 Å². The molecule has 17 heavy (non-hydrogen) atoms. The summed E-state index contributed by atoms with van der Waals surface area (Å²) in [7, 11) is 0. The quantitative estimate of drug-likeness (QED) is 0.854. The van der Waals surface area contributed by atoms with E-state index in [0.29, 0.717) is 10.0 Å². The number of imidazole rings is 1. The summed E-state index contributed by atoms with van der Waals surface area (Å²) in [4.78, 5) is 7.62. The van der Waals surface area contributed by atoms with Crippen LogP contribution in [0.25, 0.3) is 11.4 Å². The molecule has 0 fully saturated rings. The van der Waals surface area contributed by atoms with Crippen molar-refractivity contribution in [3.8, 4) is 11.4 Å². The highest BCUT2D eigenvalue weighted by Crippen LogP contribution is 2.31. The molecule has 0 spiro atoms. The van der Waals surface area contributed by atoms with Crippen molar-refractivity contribution < 1.29 is 0 Å².